The van der Waals surface area contributed by atoms with E-state index in [1.807, 2.05) is 0 Å². The maximum atomic E-state index is 15.2. The lowest BCUT2D eigenvalue weighted by atomic mass is 9.96. The van der Waals surface area contributed by atoms with Crippen molar-refractivity contribution in [3.63, 3.8) is 0 Å². The van der Waals surface area contributed by atoms with Crippen molar-refractivity contribution in [1.29, 1.82) is 5.41 Å². The fourth-order valence-corrected chi connectivity index (χ4v) is 12.5. The molecule has 44 nitrogen and oxygen atoms in total. The Morgan fingerprint density at radius 1 is 0.764 bits per heavy atom. The van der Waals surface area contributed by atoms with Gasteiger partial charge >= 0.3 is 6.09 Å². The number of primary amides is 3. The molecule has 106 heavy (non-hydrogen) atoms. The molecule has 4 aromatic heterocycles. The van der Waals surface area contributed by atoms with Crippen LogP contribution in [0.3, 0.4) is 0 Å². The Morgan fingerprint density at radius 2 is 1.44 bits per heavy atom. The quantitative estimate of drug-likeness (QED) is 0.0111. The van der Waals surface area contributed by atoms with Crippen LogP contribution in [0.5, 0.6) is 0 Å². The molecule has 0 saturated carbocycles. The number of nitrogens with two attached hydrogens (primary N) is 8. The molecule has 2 saturated heterocycles. The Bertz CT molecular complexity index is 3630. The summed E-state index contributed by atoms with van der Waals surface area (Å²) in [7, 11) is 0. The number of imidazole rings is 1. The number of hydrogen-bond donors (Lipinski definition) is 24. The van der Waals surface area contributed by atoms with Gasteiger partial charge in [0.1, 0.15) is 94.6 Å². The summed E-state index contributed by atoms with van der Waals surface area (Å²) in [6.45, 7) is 4.43. The van der Waals surface area contributed by atoms with Gasteiger partial charge in [0.25, 0.3) is 11.8 Å². The lowest BCUT2D eigenvalue weighted by Crippen LogP contribution is -2.65. The number of thiazole rings is 2. The second-order valence-corrected chi connectivity index (χ2v) is 26.7. The molecule has 6 rings (SSSR count). The number of guanidine groups is 2. The molecular formula is C60H95N23O21S2. The second-order valence-electron chi connectivity index (χ2n) is 24.9. The number of nitrogen functional groups attached to an aromatic ring is 1. The van der Waals surface area contributed by atoms with Gasteiger partial charge in [-0.2, -0.15) is 0 Å². The van der Waals surface area contributed by atoms with Crippen molar-refractivity contribution in [2.24, 2.45) is 51.0 Å². The third-order valence-electron chi connectivity index (χ3n) is 16.9. The van der Waals surface area contributed by atoms with Crippen LogP contribution in [0.25, 0.3) is 10.7 Å². The summed E-state index contributed by atoms with van der Waals surface area (Å²) in [5.74, 6) is -8.95. The zero-order chi connectivity index (χ0) is 78.4. The summed E-state index contributed by atoms with van der Waals surface area (Å²) in [5.41, 5.74) is 44.4. The number of rotatable bonds is 41. The van der Waals surface area contributed by atoms with E-state index in [0.717, 1.165) is 18.9 Å². The SMILES string of the molecule is Cc1c(N)nc([C@H](CC(N)=O)NC[C@@H](N)C(N)=O)nc1C(=O)N[C@H](C(=O)N[C@H](C)[C@@H](O)[C@H](C)C(=O)N[C@H](C(=O)NCCc1nc(-c2nc(C(=O)NCCCCN(CCCCN=C(N)N)C(=N)N)cs2)cs1)[C@@H](C)O)[C@@H](O[C@@H]1O[C@@H](CO)[C@@H](O)[C@H](O)[C@@H]1O[C@H]1O[C@H](CO)[C@@H](O)[C@H](OC(N)=O)[C@@H]1O)c1cnc[nH]1. The standard InChI is InChI=1S/C60H95N23O21S2/c1-23-36(79-49(82-47(23)63)28(15-34(62)87)74-16-27(61)48(64)93)53(97)81-38(44(29-17-70-22-75-29)102-57-46(42(91)40(89)32(18-84)101-57)103-56-43(92)45(104-60(69)99)41(90)33(19-85)100-56)54(98)76-25(3)39(88)24(2)50(94)80-37(26(4)86)52(96)72-12-9-35-77-31(21-105-35)55-78-30(20-106-55)51(95)71-10-5-7-13-83(59(67)68)14-8-6-11-73-58(65)66/h17,20-22,24-28,32-33,37-46,56-57,74,84-86,88-92H,5-16,18-19,61H2,1-4H3,(H2,62,87)(H2,64,93)(H3,67,68)(H2,69,99)(H,70,75)(H,71,95)(H,72,96)(H,76,98)(H,80,94)(H,81,97)(H2,63,79,82)(H4,65,66,73)/t24-,25+,26+,27+,28-,32-,33+,37-,38-,39-,40+,41+,42-,43-,44-,45-,46-,56+,57-/m0/s1. The minimum atomic E-state index is -2.21. The summed E-state index contributed by atoms with van der Waals surface area (Å²) < 4.78 is 28.8. The van der Waals surface area contributed by atoms with E-state index >= 15 is 4.79 Å². The maximum absolute atomic E-state index is 15.2. The highest BCUT2D eigenvalue weighted by molar-refractivity contribution is 7.14. The molecule has 588 valence electrons. The summed E-state index contributed by atoms with van der Waals surface area (Å²) >= 11 is 2.44. The van der Waals surface area contributed by atoms with Crippen molar-refractivity contribution in [3.8, 4) is 10.7 Å². The van der Waals surface area contributed by atoms with Crippen molar-refractivity contribution >= 4 is 87.9 Å². The number of aromatic nitrogens is 6. The van der Waals surface area contributed by atoms with Crippen LogP contribution < -0.4 is 77.8 Å². The van der Waals surface area contributed by atoms with Crippen molar-refractivity contribution in [2.45, 2.75) is 176 Å². The number of hydrogen-bond acceptors (Lipinski definition) is 33. The number of nitrogens with one attached hydrogen (secondary N) is 8. The Labute approximate surface area is 613 Å². The van der Waals surface area contributed by atoms with Crippen molar-refractivity contribution in [2.75, 3.05) is 58.2 Å². The maximum Gasteiger partial charge on any atom is 0.404 e. The monoisotopic (exact) mass is 1540 g/mol. The smallest absolute Gasteiger partial charge is 0.404 e. The average Bonchev–Trinajstić information content (AvgIpc) is 0.949. The second kappa shape index (κ2) is 40.6. The topological polar surface area (TPSA) is 745 Å². The number of unbranched alkanes of at least 4 members (excludes halogenated alkanes) is 2. The molecule has 0 spiro atoms. The minimum absolute atomic E-state index is 0.0107. The molecule has 0 aliphatic carbocycles. The molecule has 32 N–H and O–H groups in total. The van der Waals surface area contributed by atoms with E-state index in [4.69, 9.17) is 75.0 Å². The highest BCUT2D eigenvalue weighted by Gasteiger charge is 2.54. The van der Waals surface area contributed by atoms with Gasteiger partial charge in [0.2, 0.25) is 29.5 Å². The van der Waals surface area contributed by atoms with Gasteiger partial charge in [-0.05, 0) is 46.5 Å². The molecule has 0 bridgehead atoms. The van der Waals surface area contributed by atoms with Gasteiger partial charge in [0, 0.05) is 68.4 Å². The van der Waals surface area contributed by atoms with Gasteiger partial charge in [0.15, 0.2) is 30.6 Å². The first-order valence-electron chi connectivity index (χ1n) is 33.2. The van der Waals surface area contributed by atoms with Gasteiger partial charge < -0.3 is 152 Å². The van der Waals surface area contributed by atoms with Crippen LogP contribution in [-0.4, -0.2) is 285 Å². The van der Waals surface area contributed by atoms with E-state index in [2.05, 4.69) is 66.8 Å². The number of amides is 8. The molecule has 6 heterocycles. The van der Waals surface area contributed by atoms with Gasteiger partial charge in [-0.25, -0.2) is 29.7 Å². The molecule has 8 amide bonds. The zero-order valence-electron chi connectivity index (χ0n) is 58.1. The molecule has 0 radical (unpaired) electrons. The van der Waals surface area contributed by atoms with Crippen LogP contribution >= 0.6 is 22.7 Å². The van der Waals surface area contributed by atoms with Gasteiger partial charge in [0.05, 0.1) is 72.7 Å². The normalized spacial score (nSPS) is 22.7. The predicted molar refractivity (Wildman–Crippen MR) is 373 cm³/mol. The number of aliphatic imine (C=N–C) groups is 1. The number of aliphatic hydroxyl groups excluding tert-OH is 8. The van der Waals surface area contributed by atoms with Crippen LogP contribution in [0.2, 0.25) is 0 Å². The van der Waals surface area contributed by atoms with E-state index in [9.17, 15) is 74.4 Å². The number of H-pyrrole nitrogens is 1. The van der Waals surface area contributed by atoms with Crippen LogP contribution in [-0.2, 0) is 54.1 Å². The van der Waals surface area contributed by atoms with Crippen LogP contribution in [0.1, 0.15) is 108 Å². The minimum Gasteiger partial charge on any atom is -0.441 e. The third kappa shape index (κ3) is 23.9. The first-order valence-corrected chi connectivity index (χ1v) is 35.0. The van der Waals surface area contributed by atoms with Crippen LogP contribution in [0.4, 0.5) is 10.6 Å². The molecule has 19 atom stereocenters. The number of aliphatic hydroxyl groups is 8. The lowest BCUT2D eigenvalue weighted by molar-refractivity contribution is -0.372. The third-order valence-corrected chi connectivity index (χ3v) is 18.7. The fraction of sp³-hybridized carbons (Fsp3) is 0.617. The highest BCUT2D eigenvalue weighted by Crippen LogP contribution is 2.35. The first kappa shape index (κ1) is 85.8. The van der Waals surface area contributed by atoms with Crippen molar-refractivity contribution in [3.05, 3.63) is 56.8 Å². The van der Waals surface area contributed by atoms with E-state index < -0.39 is 189 Å². The summed E-state index contributed by atoms with van der Waals surface area (Å²) in [5, 5.41) is 116. The van der Waals surface area contributed by atoms with E-state index in [0.29, 0.717) is 61.2 Å². The summed E-state index contributed by atoms with van der Waals surface area (Å²) in [6, 6.07) is -7.93. The fourth-order valence-electron chi connectivity index (χ4n) is 10.8. The number of ether oxygens (including phenoxy) is 5. The van der Waals surface area contributed by atoms with E-state index in [-0.39, 0.29) is 60.0 Å². The molecule has 0 unspecified atom stereocenters. The van der Waals surface area contributed by atoms with Gasteiger partial charge in [-0.1, -0.05) is 6.92 Å². The Balaban J connectivity index is 1.18. The van der Waals surface area contributed by atoms with Gasteiger partial charge in [-0.3, -0.25) is 44.0 Å². The molecule has 4 aromatic rings. The van der Waals surface area contributed by atoms with E-state index in [1.165, 1.54) is 50.4 Å². The largest absolute Gasteiger partial charge is 0.441 e. The number of anilines is 1. The summed E-state index contributed by atoms with van der Waals surface area (Å²) in [4.78, 5) is 137. The number of aromatic amines is 1. The number of carbonyl (C=O) groups excluding carboxylic acids is 8. The average molecular weight is 1540 g/mol. The molecular weight excluding hydrogens is 1440 g/mol. The van der Waals surface area contributed by atoms with Crippen LogP contribution in [0, 0.1) is 18.3 Å². The summed E-state index contributed by atoms with van der Waals surface area (Å²) in [6.07, 6.45) is -22.6. The Morgan fingerprint density at radius 3 is 2.07 bits per heavy atom. The van der Waals surface area contributed by atoms with Crippen molar-refractivity contribution < 1.29 is 103 Å². The first-order chi connectivity index (χ1) is 50.1. The molecule has 2 aliphatic heterocycles. The zero-order valence-corrected chi connectivity index (χ0v) is 59.8. The Kier molecular flexibility index (Phi) is 32.8. The number of carbonyl (C=O) groups is 8. The highest BCUT2D eigenvalue weighted by atomic mass is 32.1. The molecule has 2 aliphatic rings. The molecule has 46 heteroatoms. The molecule has 2 fully saturated rings. The van der Waals surface area contributed by atoms with Gasteiger partial charge in [-0.15, -0.1) is 22.7 Å². The lowest BCUT2D eigenvalue weighted by Gasteiger charge is -2.47. The van der Waals surface area contributed by atoms with Crippen molar-refractivity contribution in [1.82, 2.24) is 66.7 Å². The molecule has 0 aromatic carbocycles. The van der Waals surface area contributed by atoms with E-state index in [1.54, 1.807) is 15.7 Å². The predicted octanol–water partition coefficient (Wildman–Crippen LogP) is -8.94. The Hall–Kier alpha value is -9.11. The van der Waals surface area contributed by atoms with Crippen LogP contribution in [0.15, 0.2) is 28.3 Å². The number of nitrogens with zero attached hydrogens (tertiary/aromatic N) is 7.